The smallest absolute Gasteiger partial charge is 0.262 e. The van der Waals surface area contributed by atoms with Crippen LogP contribution in [0.1, 0.15) is 17.3 Å². The fourth-order valence-corrected chi connectivity index (χ4v) is 1.86. The van der Waals surface area contributed by atoms with Crippen molar-refractivity contribution in [1.29, 1.82) is 0 Å². The Morgan fingerprint density at radius 3 is 2.27 bits per heavy atom. The van der Waals surface area contributed by atoms with Crippen molar-refractivity contribution in [3.8, 4) is 5.75 Å². The van der Waals surface area contributed by atoms with Gasteiger partial charge in [0.05, 0.1) is 0 Å². The minimum absolute atomic E-state index is 0.277. The van der Waals surface area contributed by atoms with Crippen LogP contribution in [0, 0.1) is 11.6 Å². The highest BCUT2D eigenvalue weighted by molar-refractivity contribution is 6.06. The molecule has 0 radical (unpaired) electrons. The van der Waals surface area contributed by atoms with Crippen molar-refractivity contribution in [1.82, 2.24) is 0 Å². The Hall–Kier alpha value is -2.96. The average Bonchev–Trinajstić information content (AvgIpc) is 2.36. The molecule has 0 bridgehead atoms. The van der Waals surface area contributed by atoms with Gasteiger partial charge in [-0.15, -0.1) is 0 Å². The van der Waals surface area contributed by atoms with Gasteiger partial charge in [0.25, 0.3) is 5.91 Å². The number of phenols is 1. The molecular formula is C15H12F2N2O3. The molecule has 0 aromatic heterocycles. The Balaban J connectivity index is 2.24. The van der Waals surface area contributed by atoms with Crippen molar-refractivity contribution in [2.75, 3.05) is 10.6 Å². The van der Waals surface area contributed by atoms with Crippen LogP contribution in [0.2, 0.25) is 0 Å². The molecule has 0 aliphatic heterocycles. The molecule has 0 aliphatic carbocycles. The third kappa shape index (κ3) is 3.57. The number of amides is 2. The van der Waals surface area contributed by atoms with E-state index in [0.29, 0.717) is 17.8 Å². The Morgan fingerprint density at radius 1 is 1.05 bits per heavy atom. The largest absolute Gasteiger partial charge is 0.507 e. The van der Waals surface area contributed by atoms with Gasteiger partial charge in [-0.2, -0.15) is 0 Å². The predicted octanol–water partition coefficient (Wildman–Crippen LogP) is 2.88. The van der Waals surface area contributed by atoms with Crippen molar-refractivity contribution in [2.24, 2.45) is 0 Å². The average molecular weight is 306 g/mol. The second-order valence-electron chi connectivity index (χ2n) is 4.50. The summed E-state index contributed by atoms with van der Waals surface area (Å²) in [6.07, 6.45) is 0. The molecule has 5 nitrogen and oxygen atoms in total. The van der Waals surface area contributed by atoms with E-state index in [0.717, 1.165) is 0 Å². The lowest BCUT2D eigenvalue weighted by molar-refractivity contribution is -0.114. The molecule has 22 heavy (non-hydrogen) atoms. The SMILES string of the molecule is CC(=O)Nc1cccc(NC(=O)c2c(O)cc(F)cc2F)c1. The van der Waals surface area contributed by atoms with Crippen molar-refractivity contribution in [3.63, 3.8) is 0 Å². The van der Waals surface area contributed by atoms with E-state index in [1.165, 1.54) is 19.1 Å². The number of benzene rings is 2. The highest BCUT2D eigenvalue weighted by atomic mass is 19.1. The first-order valence-corrected chi connectivity index (χ1v) is 6.24. The summed E-state index contributed by atoms with van der Waals surface area (Å²) >= 11 is 0. The highest BCUT2D eigenvalue weighted by Crippen LogP contribution is 2.24. The van der Waals surface area contributed by atoms with E-state index in [1.807, 2.05) is 0 Å². The number of nitrogens with one attached hydrogen (secondary N) is 2. The molecule has 3 N–H and O–H groups in total. The Kier molecular flexibility index (Phi) is 4.36. The highest BCUT2D eigenvalue weighted by Gasteiger charge is 2.18. The van der Waals surface area contributed by atoms with E-state index in [9.17, 15) is 23.5 Å². The molecule has 2 aromatic rings. The number of phenolic OH excluding ortho intramolecular Hbond substituents is 1. The summed E-state index contributed by atoms with van der Waals surface area (Å²) in [6, 6.07) is 7.29. The molecule has 0 saturated heterocycles. The van der Waals surface area contributed by atoms with E-state index in [1.54, 1.807) is 12.1 Å². The summed E-state index contributed by atoms with van der Waals surface area (Å²) in [5.41, 5.74) is 0.0554. The van der Waals surface area contributed by atoms with Crippen LogP contribution in [0.4, 0.5) is 20.2 Å². The number of hydrogen-bond acceptors (Lipinski definition) is 3. The number of anilines is 2. The molecule has 0 fully saturated rings. The Morgan fingerprint density at radius 2 is 1.68 bits per heavy atom. The minimum Gasteiger partial charge on any atom is -0.507 e. The van der Waals surface area contributed by atoms with E-state index in [-0.39, 0.29) is 11.6 Å². The number of aromatic hydroxyl groups is 1. The van der Waals surface area contributed by atoms with Crippen LogP contribution >= 0.6 is 0 Å². The molecule has 2 aromatic carbocycles. The van der Waals surface area contributed by atoms with Gasteiger partial charge in [0, 0.05) is 30.4 Å². The maximum atomic E-state index is 13.6. The first-order valence-electron chi connectivity index (χ1n) is 6.24. The van der Waals surface area contributed by atoms with Crippen LogP contribution in [-0.2, 0) is 4.79 Å². The fourth-order valence-electron chi connectivity index (χ4n) is 1.86. The van der Waals surface area contributed by atoms with Gasteiger partial charge in [0.2, 0.25) is 5.91 Å². The van der Waals surface area contributed by atoms with Crippen molar-refractivity contribution < 1.29 is 23.5 Å². The van der Waals surface area contributed by atoms with E-state index in [4.69, 9.17) is 0 Å². The van der Waals surface area contributed by atoms with Crippen LogP contribution in [0.3, 0.4) is 0 Å². The lowest BCUT2D eigenvalue weighted by Crippen LogP contribution is -2.14. The van der Waals surface area contributed by atoms with E-state index < -0.39 is 28.9 Å². The number of carbonyl (C=O) groups excluding carboxylic acids is 2. The summed E-state index contributed by atoms with van der Waals surface area (Å²) in [7, 11) is 0. The number of rotatable bonds is 3. The predicted molar refractivity (Wildman–Crippen MR) is 76.7 cm³/mol. The van der Waals surface area contributed by atoms with Gasteiger partial charge in [-0.3, -0.25) is 9.59 Å². The van der Waals surface area contributed by atoms with Gasteiger partial charge in [-0.25, -0.2) is 8.78 Å². The zero-order valence-electron chi connectivity index (χ0n) is 11.5. The molecule has 0 spiro atoms. The molecule has 0 heterocycles. The van der Waals surface area contributed by atoms with Gasteiger partial charge in [-0.1, -0.05) is 6.07 Å². The van der Waals surface area contributed by atoms with E-state index >= 15 is 0 Å². The summed E-state index contributed by atoms with van der Waals surface area (Å²) in [5.74, 6) is -4.18. The quantitative estimate of drug-likeness (QED) is 0.816. The lowest BCUT2D eigenvalue weighted by Gasteiger charge is -2.09. The van der Waals surface area contributed by atoms with E-state index in [2.05, 4.69) is 10.6 Å². The molecule has 0 unspecified atom stereocenters. The summed E-state index contributed by atoms with van der Waals surface area (Å²) in [4.78, 5) is 23.0. The van der Waals surface area contributed by atoms with Crippen LogP contribution in [0.15, 0.2) is 36.4 Å². The van der Waals surface area contributed by atoms with Gasteiger partial charge in [-0.05, 0) is 18.2 Å². The van der Waals surface area contributed by atoms with Gasteiger partial charge in [0.15, 0.2) is 0 Å². The Bertz CT molecular complexity index is 724. The molecule has 0 atom stereocenters. The maximum Gasteiger partial charge on any atom is 0.262 e. The van der Waals surface area contributed by atoms with Gasteiger partial charge >= 0.3 is 0 Å². The fraction of sp³-hybridized carbons (Fsp3) is 0.0667. The van der Waals surface area contributed by atoms with Crippen LogP contribution in [0.5, 0.6) is 5.75 Å². The Labute approximate surface area is 124 Å². The lowest BCUT2D eigenvalue weighted by atomic mass is 10.1. The molecule has 0 saturated carbocycles. The van der Waals surface area contributed by atoms with Gasteiger partial charge in [0.1, 0.15) is 22.9 Å². The topological polar surface area (TPSA) is 78.4 Å². The molecule has 2 amide bonds. The normalized spacial score (nSPS) is 10.1. The van der Waals surface area contributed by atoms with Crippen molar-refractivity contribution >= 4 is 23.2 Å². The maximum absolute atomic E-state index is 13.6. The molecular weight excluding hydrogens is 294 g/mol. The number of halogens is 2. The monoisotopic (exact) mass is 306 g/mol. The third-order valence-corrected chi connectivity index (χ3v) is 2.70. The molecule has 0 aliphatic rings. The summed E-state index contributed by atoms with van der Waals surface area (Å²) < 4.78 is 26.5. The van der Waals surface area contributed by atoms with Crippen molar-refractivity contribution in [3.05, 3.63) is 53.6 Å². The van der Waals surface area contributed by atoms with Gasteiger partial charge < -0.3 is 15.7 Å². The molecule has 2 rings (SSSR count). The second-order valence-corrected chi connectivity index (χ2v) is 4.50. The standard InChI is InChI=1S/C15H12F2N2O3/c1-8(20)18-10-3-2-4-11(7-10)19-15(22)14-12(17)5-9(16)6-13(14)21/h2-7,21H,1H3,(H,18,20)(H,19,22). The summed E-state index contributed by atoms with van der Waals surface area (Å²) in [6.45, 7) is 1.33. The first kappa shape index (κ1) is 15.4. The van der Waals surface area contributed by atoms with Crippen LogP contribution in [-0.4, -0.2) is 16.9 Å². The molecule has 7 heteroatoms. The van der Waals surface area contributed by atoms with Crippen molar-refractivity contribution in [2.45, 2.75) is 6.92 Å². The first-order chi connectivity index (χ1) is 10.4. The number of carbonyl (C=O) groups is 2. The minimum atomic E-state index is -1.17. The zero-order valence-corrected chi connectivity index (χ0v) is 11.5. The van der Waals surface area contributed by atoms with Crippen LogP contribution in [0.25, 0.3) is 0 Å². The molecule has 114 valence electrons. The second kappa shape index (κ2) is 6.21. The zero-order chi connectivity index (χ0) is 16.3. The summed E-state index contributed by atoms with van der Waals surface area (Å²) in [5, 5.41) is 14.4. The van der Waals surface area contributed by atoms with Crippen LogP contribution < -0.4 is 10.6 Å². The number of hydrogen-bond donors (Lipinski definition) is 3. The third-order valence-electron chi connectivity index (χ3n) is 2.70.